The molecule has 2 aromatic carbocycles. The molecule has 0 aliphatic carbocycles. The number of pyridine rings is 1. The Balaban J connectivity index is 1.59. The Hall–Kier alpha value is -2.86. The van der Waals surface area contributed by atoms with Crippen molar-refractivity contribution >= 4 is 46.2 Å². The van der Waals surface area contributed by atoms with Crippen molar-refractivity contribution in [2.24, 2.45) is 0 Å². The van der Waals surface area contributed by atoms with Crippen LogP contribution >= 0.6 is 35.4 Å². The van der Waals surface area contributed by atoms with E-state index in [1.54, 1.807) is 12.3 Å². The molecule has 1 saturated heterocycles. The summed E-state index contributed by atoms with van der Waals surface area (Å²) >= 11 is 18.5. The molecular formula is C27H23Cl2N3OS. The van der Waals surface area contributed by atoms with Crippen molar-refractivity contribution in [2.45, 2.75) is 31.8 Å². The Morgan fingerprint density at radius 3 is 2.47 bits per heavy atom. The van der Waals surface area contributed by atoms with Gasteiger partial charge in [-0.25, -0.2) is 0 Å². The van der Waals surface area contributed by atoms with Gasteiger partial charge in [-0.3, -0.25) is 4.98 Å². The van der Waals surface area contributed by atoms with E-state index >= 15 is 0 Å². The fraction of sp³-hybridized carbons (Fsp3) is 0.185. The molecule has 0 bridgehead atoms. The fourth-order valence-corrected chi connectivity index (χ4v) is 5.03. The van der Waals surface area contributed by atoms with Gasteiger partial charge in [-0.05, 0) is 72.2 Å². The lowest BCUT2D eigenvalue weighted by molar-refractivity contribution is 0.439. The molecule has 5 rings (SSSR count). The van der Waals surface area contributed by atoms with Crippen molar-refractivity contribution in [3.8, 4) is 11.3 Å². The van der Waals surface area contributed by atoms with Crippen molar-refractivity contribution < 1.29 is 4.42 Å². The maximum atomic E-state index is 6.46. The number of nitrogens with zero attached hydrogens (tertiary/aromatic N) is 2. The van der Waals surface area contributed by atoms with E-state index in [1.807, 2.05) is 42.5 Å². The molecule has 4 aromatic rings. The van der Waals surface area contributed by atoms with Gasteiger partial charge in [-0.1, -0.05) is 61.3 Å². The van der Waals surface area contributed by atoms with Crippen LogP contribution in [-0.2, 0) is 0 Å². The van der Waals surface area contributed by atoms with Gasteiger partial charge in [0, 0.05) is 17.4 Å². The molecule has 1 fully saturated rings. The highest BCUT2D eigenvalue weighted by atomic mass is 35.5. The number of furan rings is 1. The highest BCUT2D eigenvalue weighted by Gasteiger charge is 2.42. The standard InChI is InChI=1S/C27H23Cl2N3OS/c1-16(2)17-9-11-18(12-10-17)32-26(25(31-27(32)34)21-8-3-4-15-30-21)23-14-13-22(33-23)19-6-5-7-20(28)24(19)29/h3-16,25-26H,1-2H3,(H,31,34)/t25-,26+/m1/s1. The number of anilines is 1. The van der Waals surface area contributed by atoms with Crippen LogP contribution in [-0.4, -0.2) is 10.1 Å². The van der Waals surface area contributed by atoms with E-state index in [0.29, 0.717) is 26.8 Å². The topological polar surface area (TPSA) is 41.3 Å². The second kappa shape index (κ2) is 9.41. The summed E-state index contributed by atoms with van der Waals surface area (Å²) in [6.45, 7) is 4.37. The molecule has 0 spiro atoms. The van der Waals surface area contributed by atoms with Crippen LogP contribution in [0.1, 0.15) is 48.9 Å². The van der Waals surface area contributed by atoms with Crippen molar-refractivity contribution in [2.75, 3.05) is 4.90 Å². The number of hydrogen-bond acceptors (Lipinski definition) is 3. The van der Waals surface area contributed by atoms with Gasteiger partial charge < -0.3 is 14.6 Å². The summed E-state index contributed by atoms with van der Waals surface area (Å²) in [6, 6.07) is 23.4. The first-order valence-electron chi connectivity index (χ1n) is 11.1. The summed E-state index contributed by atoms with van der Waals surface area (Å²) in [5.41, 5.74) is 3.89. The normalized spacial score (nSPS) is 17.9. The van der Waals surface area contributed by atoms with Crippen LogP contribution in [0.5, 0.6) is 0 Å². The minimum Gasteiger partial charge on any atom is -0.459 e. The number of halogens is 2. The van der Waals surface area contributed by atoms with E-state index in [1.165, 1.54) is 5.56 Å². The number of benzene rings is 2. The van der Waals surface area contributed by atoms with Crippen LogP contribution in [0.2, 0.25) is 10.0 Å². The van der Waals surface area contributed by atoms with Crippen LogP contribution < -0.4 is 10.2 Å². The van der Waals surface area contributed by atoms with Crippen molar-refractivity contribution in [3.63, 3.8) is 0 Å². The predicted molar refractivity (Wildman–Crippen MR) is 143 cm³/mol. The van der Waals surface area contributed by atoms with E-state index in [4.69, 9.17) is 39.8 Å². The van der Waals surface area contributed by atoms with Gasteiger partial charge in [0.15, 0.2) is 5.11 Å². The highest BCUT2D eigenvalue weighted by Crippen LogP contribution is 2.44. The van der Waals surface area contributed by atoms with Gasteiger partial charge in [0.2, 0.25) is 0 Å². The van der Waals surface area contributed by atoms with Crippen molar-refractivity contribution in [3.05, 3.63) is 106 Å². The third-order valence-corrected chi connectivity index (χ3v) is 7.20. The lowest BCUT2D eigenvalue weighted by Gasteiger charge is -2.26. The number of hydrogen-bond donors (Lipinski definition) is 1. The summed E-state index contributed by atoms with van der Waals surface area (Å²) in [6.07, 6.45) is 1.79. The second-order valence-electron chi connectivity index (χ2n) is 8.55. The van der Waals surface area contributed by atoms with Gasteiger partial charge >= 0.3 is 0 Å². The van der Waals surface area contributed by atoms with Gasteiger partial charge in [-0.15, -0.1) is 0 Å². The summed E-state index contributed by atoms with van der Waals surface area (Å²) in [4.78, 5) is 6.70. The molecule has 3 heterocycles. The summed E-state index contributed by atoms with van der Waals surface area (Å²) in [5.74, 6) is 1.85. The molecule has 0 unspecified atom stereocenters. The average Bonchev–Trinajstić information content (AvgIpc) is 3.46. The largest absolute Gasteiger partial charge is 0.459 e. The maximum absolute atomic E-state index is 6.46. The van der Waals surface area contributed by atoms with Crippen LogP contribution in [0.25, 0.3) is 11.3 Å². The zero-order valence-corrected chi connectivity index (χ0v) is 21.0. The summed E-state index contributed by atoms with van der Waals surface area (Å²) in [5, 5.41) is 5.03. The molecule has 34 heavy (non-hydrogen) atoms. The number of aromatic nitrogens is 1. The van der Waals surface area contributed by atoms with E-state index in [-0.39, 0.29) is 12.1 Å². The number of nitrogens with one attached hydrogen (secondary N) is 1. The molecule has 1 N–H and O–H groups in total. The molecule has 172 valence electrons. The molecule has 4 nitrogen and oxygen atoms in total. The number of thiocarbonyl (C=S) groups is 1. The smallest absolute Gasteiger partial charge is 0.174 e. The van der Waals surface area contributed by atoms with Crippen LogP contribution in [0.4, 0.5) is 5.69 Å². The minimum atomic E-state index is -0.237. The monoisotopic (exact) mass is 507 g/mol. The lowest BCUT2D eigenvalue weighted by Crippen LogP contribution is -2.29. The quantitative estimate of drug-likeness (QED) is 0.277. The Bertz CT molecular complexity index is 1320. The van der Waals surface area contributed by atoms with E-state index in [0.717, 1.165) is 22.7 Å². The van der Waals surface area contributed by atoms with Crippen LogP contribution in [0.3, 0.4) is 0 Å². The molecule has 1 aliphatic rings. The van der Waals surface area contributed by atoms with E-state index in [2.05, 4.69) is 53.3 Å². The van der Waals surface area contributed by atoms with Crippen molar-refractivity contribution in [1.82, 2.24) is 10.3 Å². The van der Waals surface area contributed by atoms with Gasteiger partial charge in [0.05, 0.1) is 21.8 Å². The highest BCUT2D eigenvalue weighted by molar-refractivity contribution is 7.80. The number of rotatable bonds is 5. The second-order valence-corrected chi connectivity index (χ2v) is 9.72. The maximum Gasteiger partial charge on any atom is 0.174 e. The van der Waals surface area contributed by atoms with E-state index in [9.17, 15) is 0 Å². The molecule has 0 saturated carbocycles. The Morgan fingerprint density at radius 2 is 1.76 bits per heavy atom. The molecule has 7 heteroatoms. The summed E-state index contributed by atoms with van der Waals surface area (Å²) in [7, 11) is 0. The Morgan fingerprint density at radius 1 is 0.971 bits per heavy atom. The molecule has 2 atom stereocenters. The predicted octanol–water partition coefficient (Wildman–Crippen LogP) is 7.95. The fourth-order valence-electron chi connectivity index (χ4n) is 4.29. The first-order valence-corrected chi connectivity index (χ1v) is 12.2. The SMILES string of the molecule is CC(C)c1ccc(N2C(=S)N[C@H](c3ccccn3)[C@@H]2c2ccc(-c3cccc(Cl)c3Cl)o2)cc1. The van der Waals surface area contributed by atoms with Crippen molar-refractivity contribution in [1.29, 1.82) is 0 Å². The Labute approximate surface area is 214 Å². The molecule has 0 radical (unpaired) electrons. The third kappa shape index (κ3) is 4.20. The molecule has 2 aromatic heterocycles. The molecule has 0 amide bonds. The lowest BCUT2D eigenvalue weighted by atomic mass is 10.0. The summed E-state index contributed by atoms with van der Waals surface area (Å²) < 4.78 is 6.39. The van der Waals surface area contributed by atoms with Crippen LogP contribution in [0.15, 0.2) is 83.4 Å². The van der Waals surface area contributed by atoms with Gasteiger partial charge in [0.1, 0.15) is 17.6 Å². The van der Waals surface area contributed by atoms with E-state index < -0.39 is 0 Å². The zero-order valence-electron chi connectivity index (χ0n) is 18.7. The van der Waals surface area contributed by atoms with Gasteiger partial charge in [0.25, 0.3) is 0 Å². The third-order valence-electron chi connectivity index (χ3n) is 6.07. The zero-order chi connectivity index (χ0) is 23.8. The Kier molecular flexibility index (Phi) is 6.34. The minimum absolute atomic E-state index is 0.188. The first-order chi connectivity index (χ1) is 16.4. The average molecular weight is 508 g/mol. The first kappa shape index (κ1) is 22.9. The van der Waals surface area contributed by atoms with Crippen LogP contribution in [0, 0.1) is 0 Å². The molecule has 1 aliphatic heterocycles. The van der Waals surface area contributed by atoms with Gasteiger partial charge in [-0.2, -0.15) is 0 Å². The molecular weight excluding hydrogens is 485 g/mol.